The fourth-order valence-electron chi connectivity index (χ4n) is 3.88. The lowest BCUT2D eigenvalue weighted by molar-refractivity contribution is 0.102. The molecule has 1 aliphatic rings. The number of benzene rings is 2. The van der Waals surface area contributed by atoms with Gasteiger partial charge in [-0.1, -0.05) is 41.6 Å². The molecule has 5 aromatic rings. The van der Waals surface area contributed by atoms with E-state index in [4.69, 9.17) is 4.52 Å². The Balaban J connectivity index is 1.31. The number of aromatic nitrogens is 4. The summed E-state index contributed by atoms with van der Waals surface area (Å²) in [5, 5.41) is 12.4. The van der Waals surface area contributed by atoms with Gasteiger partial charge in [-0.25, -0.2) is 8.91 Å². The number of nitrogens with zero attached hydrogens (tertiary/aromatic N) is 4. The standard InChI is InChI=1S/C24H18FN5O2/c1-13-6-7-15(22-28-24(32-29-22)16-11-18(16)25)10-19(13)27-23(31)17-12-26-30-20-5-3-2-4-14(20)8-9-21(17)30/h2-10,12,16,18H,11H2,1H3,(H,27,31)/t16-,18-/m0/s1. The average Bonchev–Trinajstić information content (AvgIpc) is 3.19. The van der Waals surface area contributed by atoms with Gasteiger partial charge in [0.2, 0.25) is 11.7 Å². The Labute approximate surface area is 181 Å². The predicted molar refractivity (Wildman–Crippen MR) is 117 cm³/mol. The molecule has 3 aromatic heterocycles. The number of rotatable bonds is 4. The maximum absolute atomic E-state index is 13.3. The van der Waals surface area contributed by atoms with Crippen molar-refractivity contribution >= 4 is 28.0 Å². The van der Waals surface area contributed by atoms with Gasteiger partial charge in [0.15, 0.2) is 0 Å². The highest BCUT2D eigenvalue weighted by atomic mass is 19.1. The summed E-state index contributed by atoms with van der Waals surface area (Å²) in [6.07, 6.45) is 1.09. The molecule has 2 atom stereocenters. The van der Waals surface area contributed by atoms with Crippen LogP contribution in [0.5, 0.6) is 0 Å². The summed E-state index contributed by atoms with van der Waals surface area (Å²) in [4.78, 5) is 17.4. The third-order valence-electron chi connectivity index (χ3n) is 5.85. The molecule has 1 N–H and O–H groups in total. The van der Waals surface area contributed by atoms with Crippen LogP contribution in [0.1, 0.15) is 34.2 Å². The number of amides is 1. The summed E-state index contributed by atoms with van der Waals surface area (Å²) in [6.45, 7) is 1.91. The molecule has 1 aliphatic carbocycles. The first-order chi connectivity index (χ1) is 15.6. The number of para-hydroxylation sites is 1. The van der Waals surface area contributed by atoms with Gasteiger partial charge in [-0.2, -0.15) is 10.1 Å². The summed E-state index contributed by atoms with van der Waals surface area (Å²) < 4.78 is 20.3. The van der Waals surface area contributed by atoms with Crippen LogP contribution in [-0.4, -0.2) is 31.8 Å². The summed E-state index contributed by atoms with van der Waals surface area (Å²) >= 11 is 0. The van der Waals surface area contributed by atoms with Crippen LogP contribution in [0.15, 0.2) is 65.3 Å². The van der Waals surface area contributed by atoms with E-state index in [9.17, 15) is 9.18 Å². The lowest BCUT2D eigenvalue weighted by Gasteiger charge is -2.09. The molecule has 1 saturated carbocycles. The van der Waals surface area contributed by atoms with Gasteiger partial charge in [-0.05, 0) is 37.1 Å². The zero-order valence-corrected chi connectivity index (χ0v) is 17.1. The van der Waals surface area contributed by atoms with Crippen molar-refractivity contribution in [1.29, 1.82) is 0 Å². The molecule has 158 valence electrons. The number of alkyl halides is 1. The molecule has 0 bridgehead atoms. The van der Waals surface area contributed by atoms with Crippen LogP contribution >= 0.6 is 0 Å². The normalized spacial score (nSPS) is 17.7. The van der Waals surface area contributed by atoms with E-state index in [2.05, 4.69) is 20.6 Å². The van der Waals surface area contributed by atoms with Crippen LogP contribution in [0.2, 0.25) is 0 Å². The maximum Gasteiger partial charge on any atom is 0.259 e. The van der Waals surface area contributed by atoms with Gasteiger partial charge in [0, 0.05) is 16.6 Å². The van der Waals surface area contributed by atoms with Crippen molar-refractivity contribution in [2.45, 2.75) is 25.4 Å². The molecule has 32 heavy (non-hydrogen) atoms. The number of nitrogens with one attached hydrogen (secondary N) is 1. The molecule has 0 saturated heterocycles. The smallest absolute Gasteiger partial charge is 0.259 e. The molecule has 3 heterocycles. The molecule has 0 unspecified atom stereocenters. The fraction of sp³-hybridized carbons (Fsp3) is 0.167. The zero-order chi connectivity index (χ0) is 21.8. The van der Waals surface area contributed by atoms with Crippen LogP contribution < -0.4 is 5.32 Å². The summed E-state index contributed by atoms with van der Waals surface area (Å²) in [6, 6.07) is 17.3. The van der Waals surface area contributed by atoms with Crippen LogP contribution in [0.3, 0.4) is 0 Å². The predicted octanol–water partition coefficient (Wildman–Crippen LogP) is 4.92. The van der Waals surface area contributed by atoms with Gasteiger partial charge < -0.3 is 9.84 Å². The topological polar surface area (TPSA) is 85.3 Å². The average molecular weight is 427 g/mol. The molecule has 1 fully saturated rings. The highest BCUT2D eigenvalue weighted by molar-refractivity contribution is 6.09. The fourth-order valence-corrected chi connectivity index (χ4v) is 3.88. The molecule has 0 aliphatic heterocycles. The Hall–Kier alpha value is -4.07. The Morgan fingerprint density at radius 1 is 1.16 bits per heavy atom. The Morgan fingerprint density at radius 2 is 2.00 bits per heavy atom. The van der Waals surface area contributed by atoms with Gasteiger partial charge >= 0.3 is 0 Å². The minimum atomic E-state index is -0.904. The Bertz CT molecular complexity index is 1510. The van der Waals surface area contributed by atoms with E-state index >= 15 is 0 Å². The Kier molecular flexibility index (Phi) is 4.07. The number of hydrogen-bond acceptors (Lipinski definition) is 5. The first-order valence-electron chi connectivity index (χ1n) is 10.3. The highest BCUT2D eigenvalue weighted by Gasteiger charge is 2.43. The number of pyridine rings is 1. The van der Waals surface area contributed by atoms with Crippen molar-refractivity contribution in [1.82, 2.24) is 19.8 Å². The van der Waals surface area contributed by atoms with Gasteiger partial charge in [-0.3, -0.25) is 4.79 Å². The second-order valence-corrected chi connectivity index (χ2v) is 8.05. The first kappa shape index (κ1) is 18.7. The lowest BCUT2D eigenvalue weighted by atomic mass is 10.1. The number of hydrogen-bond donors (Lipinski definition) is 1. The molecule has 6 rings (SSSR count). The van der Waals surface area contributed by atoms with Crippen molar-refractivity contribution < 1.29 is 13.7 Å². The molecular weight excluding hydrogens is 409 g/mol. The van der Waals surface area contributed by atoms with Gasteiger partial charge in [0.25, 0.3) is 5.91 Å². The molecule has 8 heteroatoms. The number of carbonyl (C=O) groups is 1. The van der Waals surface area contributed by atoms with Crippen molar-refractivity contribution in [3.05, 3.63) is 77.8 Å². The summed E-state index contributed by atoms with van der Waals surface area (Å²) in [7, 11) is 0. The molecule has 7 nitrogen and oxygen atoms in total. The molecule has 2 aromatic carbocycles. The molecular formula is C24H18FN5O2. The molecule has 1 amide bonds. The number of halogens is 1. The summed E-state index contributed by atoms with van der Waals surface area (Å²) in [5.41, 5.74) is 4.34. The highest BCUT2D eigenvalue weighted by Crippen LogP contribution is 2.43. The lowest BCUT2D eigenvalue weighted by Crippen LogP contribution is -2.12. The third kappa shape index (κ3) is 3.03. The van der Waals surface area contributed by atoms with Crippen molar-refractivity contribution in [3.63, 3.8) is 0 Å². The van der Waals surface area contributed by atoms with Crippen LogP contribution in [0, 0.1) is 6.92 Å². The van der Waals surface area contributed by atoms with E-state index in [1.54, 1.807) is 16.8 Å². The number of anilines is 1. The molecule has 0 radical (unpaired) electrons. The van der Waals surface area contributed by atoms with E-state index in [1.165, 1.54) is 0 Å². The van der Waals surface area contributed by atoms with Crippen molar-refractivity contribution in [2.24, 2.45) is 0 Å². The monoisotopic (exact) mass is 427 g/mol. The number of carbonyl (C=O) groups excluding carboxylic acids is 1. The van der Waals surface area contributed by atoms with E-state index in [0.717, 1.165) is 22.0 Å². The minimum Gasteiger partial charge on any atom is -0.339 e. The number of aryl methyl sites for hydroxylation is 1. The zero-order valence-electron chi connectivity index (χ0n) is 17.1. The maximum atomic E-state index is 13.3. The SMILES string of the molecule is Cc1ccc(-c2noc([C@H]3C[C@@H]3F)n2)cc1NC(=O)c1cnn2c1ccc1ccccc12. The van der Waals surface area contributed by atoms with E-state index in [0.29, 0.717) is 35.0 Å². The van der Waals surface area contributed by atoms with Gasteiger partial charge in [0.05, 0.1) is 28.7 Å². The molecule has 0 spiro atoms. The Morgan fingerprint density at radius 3 is 2.84 bits per heavy atom. The second-order valence-electron chi connectivity index (χ2n) is 8.05. The van der Waals surface area contributed by atoms with E-state index in [1.807, 2.05) is 55.5 Å². The summed E-state index contributed by atoms with van der Waals surface area (Å²) in [5.74, 6) is 0.129. The van der Waals surface area contributed by atoms with Crippen LogP contribution in [0.25, 0.3) is 27.8 Å². The van der Waals surface area contributed by atoms with Crippen LogP contribution in [0.4, 0.5) is 10.1 Å². The largest absolute Gasteiger partial charge is 0.339 e. The quantitative estimate of drug-likeness (QED) is 0.440. The van der Waals surface area contributed by atoms with E-state index in [-0.39, 0.29) is 11.8 Å². The second kappa shape index (κ2) is 6.98. The van der Waals surface area contributed by atoms with E-state index < -0.39 is 6.17 Å². The first-order valence-corrected chi connectivity index (χ1v) is 10.3. The van der Waals surface area contributed by atoms with Crippen molar-refractivity contribution in [2.75, 3.05) is 5.32 Å². The minimum absolute atomic E-state index is 0.261. The number of fused-ring (bicyclic) bond motifs is 3. The van der Waals surface area contributed by atoms with Gasteiger partial charge in [0.1, 0.15) is 6.17 Å². The van der Waals surface area contributed by atoms with Crippen molar-refractivity contribution in [3.8, 4) is 11.4 Å². The third-order valence-corrected chi connectivity index (χ3v) is 5.85. The van der Waals surface area contributed by atoms with Crippen LogP contribution in [-0.2, 0) is 0 Å². The van der Waals surface area contributed by atoms with Gasteiger partial charge in [-0.15, -0.1) is 0 Å².